The van der Waals surface area contributed by atoms with E-state index in [4.69, 9.17) is 11.6 Å². The van der Waals surface area contributed by atoms with Gasteiger partial charge in [0, 0.05) is 18.1 Å². The second kappa shape index (κ2) is 9.58. The van der Waals surface area contributed by atoms with Crippen LogP contribution in [0.25, 0.3) is 0 Å². The van der Waals surface area contributed by atoms with Crippen molar-refractivity contribution in [2.45, 2.75) is 38.6 Å². The van der Waals surface area contributed by atoms with Gasteiger partial charge in [-0.1, -0.05) is 24.9 Å². The highest BCUT2D eigenvalue weighted by molar-refractivity contribution is 7.92. The summed E-state index contributed by atoms with van der Waals surface area (Å²) in [4.78, 5) is 15.0. The number of hydrogen-bond donors (Lipinski definition) is 1. The summed E-state index contributed by atoms with van der Waals surface area (Å²) in [5, 5.41) is 3.42. The summed E-state index contributed by atoms with van der Waals surface area (Å²) in [6.45, 7) is 5.25. The Morgan fingerprint density at radius 1 is 1.23 bits per heavy atom. The van der Waals surface area contributed by atoms with Gasteiger partial charge in [-0.2, -0.15) is 0 Å². The van der Waals surface area contributed by atoms with Gasteiger partial charge < -0.3 is 10.2 Å². The Morgan fingerprint density at radius 2 is 1.85 bits per heavy atom. The van der Waals surface area contributed by atoms with E-state index in [9.17, 15) is 13.2 Å². The van der Waals surface area contributed by atoms with Crippen molar-refractivity contribution in [3.63, 3.8) is 0 Å². The fourth-order valence-electron chi connectivity index (χ4n) is 3.29. The Hall–Kier alpha value is -1.31. The fraction of sp³-hybridized carbons (Fsp3) is 0.611. The lowest BCUT2D eigenvalue weighted by Crippen LogP contribution is -2.50. The van der Waals surface area contributed by atoms with Gasteiger partial charge in [-0.3, -0.25) is 9.10 Å². The van der Waals surface area contributed by atoms with E-state index in [1.807, 2.05) is 6.92 Å². The first-order chi connectivity index (χ1) is 12.3. The number of amides is 1. The molecular formula is C18H28ClN3O3S. The summed E-state index contributed by atoms with van der Waals surface area (Å²) in [5.41, 5.74) is 0.440. The van der Waals surface area contributed by atoms with E-state index in [1.165, 1.54) is 23.6 Å². The molecule has 1 aromatic rings. The number of piperidine rings is 1. The molecule has 1 amide bonds. The quantitative estimate of drug-likeness (QED) is 0.726. The van der Waals surface area contributed by atoms with Crippen LogP contribution in [0.2, 0.25) is 5.02 Å². The van der Waals surface area contributed by atoms with E-state index in [-0.39, 0.29) is 5.91 Å². The zero-order valence-electron chi connectivity index (χ0n) is 15.4. The second-order valence-corrected chi connectivity index (χ2v) is 8.95. The molecule has 8 heteroatoms. The molecule has 2 rings (SSSR count). The molecule has 146 valence electrons. The van der Waals surface area contributed by atoms with E-state index in [1.54, 1.807) is 24.3 Å². The number of carbonyl (C=O) groups excluding carboxylic acids is 1. The molecule has 0 bridgehead atoms. The number of nitrogens with one attached hydrogen (secondary N) is 1. The topological polar surface area (TPSA) is 69.7 Å². The fourth-order valence-corrected chi connectivity index (χ4v) is 4.62. The first-order valence-electron chi connectivity index (χ1n) is 9.08. The Morgan fingerprint density at radius 3 is 2.38 bits per heavy atom. The monoisotopic (exact) mass is 401 g/mol. The second-order valence-electron chi connectivity index (χ2n) is 6.65. The molecule has 26 heavy (non-hydrogen) atoms. The Bertz CT molecular complexity index is 688. The minimum Gasteiger partial charge on any atom is -0.353 e. The highest BCUT2D eigenvalue weighted by Gasteiger charge is 2.31. The van der Waals surface area contributed by atoms with Gasteiger partial charge in [0.15, 0.2) is 0 Å². The number of halogens is 1. The maximum Gasteiger partial charge on any atom is 0.243 e. The molecule has 1 aliphatic heterocycles. The van der Waals surface area contributed by atoms with Gasteiger partial charge in [-0.05, 0) is 56.6 Å². The van der Waals surface area contributed by atoms with Crippen LogP contribution in [-0.2, 0) is 14.8 Å². The van der Waals surface area contributed by atoms with E-state index in [0.717, 1.165) is 25.9 Å². The molecule has 6 nitrogen and oxygen atoms in total. The molecule has 1 aliphatic rings. The van der Waals surface area contributed by atoms with Gasteiger partial charge >= 0.3 is 0 Å². The minimum atomic E-state index is -3.61. The summed E-state index contributed by atoms with van der Waals surface area (Å²) in [6, 6.07) is 5.69. The Balaban J connectivity index is 2.06. The molecule has 0 spiro atoms. The van der Waals surface area contributed by atoms with Crippen LogP contribution < -0.4 is 9.62 Å². The Labute approximate surface area is 161 Å². The van der Waals surface area contributed by atoms with Crippen LogP contribution in [0.1, 0.15) is 32.6 Å². The summed E-state index contributed by atoms with van der Waals surface area (Å²) in [7, 11) is -3.61. The number of benzene rings is 1. The summed E-state index contributed by atoms with van der Waals surface area (Å²) >= 11 is 5.90. The number of sulfonamides is 1. The van der Waals surface area contributed by atoms with Crippen LogP contribution in [0.3, 0.4) is 0 Å². The molecule has 1 N–H and O–H groups in total. The largest absolute Gasteiger partial charge is 0.353 e. The average Bonchev–Trinajstić information content (AvgIpc) is 2.60. The van der Waals surface area contributed by atoms with Gasteiger partial charge in [0.2, 0.25) is 15.9 Å². The first-order valence-corrected chi connectivity index (χ1v) is 11.3. The van der Waals surface area contributed by atoms with Gasteiger partial charge in [0.25, 0.3) is 0 Å². The lowest BCUT2D eigenvalue weighted by atomic mass is 10.1. The third-order valence-electron chi connectivity index (χ3n) is 4.59. The van der Waals surface area contributed by atoms with Crippen molar-refractivity contribution in [3.05, 3.63) is 29.3 Å². The molecule has 1 unspecified atom stereocenters. The summed E-state index contributed by atoms with van der Waals surface area (Å²) < 4.78 is 25.9. The maximum absolute atomic E-state index is 12.7. The smallest absolute Gasteiger partial charge is 0.243 e. The van der Waals surface area contributed by atoms with Crippen LogP contribution in [-0.4, -0.2) is 57.7 Å². The lowest BCUT2D eigenvalue weighted by molar-refractivity contribution is -0.122. The SMILES string of the molecule is CCC(C(=O)NCCN1CCCCC1)N(c1ccc(Cl)cc1)S(C)(=O)=O. The molecule has 1 fully saturated rings. The van der Waals surface area contributed by atoms with E-state index >= 15 is 0 Å². The first kappa shape index (κ1) is 21.0. The number of hydrogen-bond acceptors (Lipinski definition) is 4. The van der Waals surface area contributed by atoms with Crippen LogP contribution in [0, 0.1) is 0 Å². The van der Waals surface area contributed by atoms with Crippen molar-refractivity contribution < 1.29 is 13.2 Å². The van der Waals surface area contributed by atoms with Crippen LogP contribution >= 0.6 is 11.6 Å². The van der Waals surface area contributed by atoms with Gasteiger partial charge in [0.1, 0.15) is 6.04 Å². The van der Waals surface area contributed by atoms with Crippen molar-refractivity contribution >= 4 is 33.2 Å². The Kier molecular flexibility index (Phi) is 7.73. The normalized spacial score (nSPS) is 16.9. The third-order valence-corrected chi connectivity index (χ3v) is 6.02. The number of nitrogens with zero attached hydrogens (tertiary/aromatic N) is 2. The van der Waals surface area contributed by atoms with E-state index in [2.05, 4.69) is 10.2 Å². The maximum atomic E-state index is 12.7. The molecule has 1 saturated heterocycles. The standard InChI is InChI=1S/C18H28ClN3O3S/c1-3-17(18(23)20-11-14-21-12-5-4-6-13-21)22(26(2,24)25)16-9-7-15(19)8-10-16/h7-10,17H,3-6,11-14H2,1-2H3,(H,20,23). The highest BCUT2D eigenvalue weighted by Crippen LogP contribution is 2.24. The van der Waals surface area contributed by atoms with Crippen molar-refractivity contribution in [2.75, 3.05) is 36.7 Å². The predicted molar refractivity (Wildman–Crippen MR) is 106 cm³/mol. The summed E-state index contributed by atoms with van der Waals surface area (Å²) in [5.74, 6) is -0.273. The number of anilines is 1. The van der Waals surface area contributed by atoms with Crippen molar-refractivity contribution in [1.82, 2.24) is 10.2 Å². The minimum absolute atomic E-state index is 0.273. The molecule has 0 aromatic heterocycles. The molecule has 0 saturated carbocycles. The van der Waals surface area contributed by atoms with Crippen LogP contribution in [0.4, 0.5) is 5.69 Å². The van der Waals surface area contributed by atoms with Crippen LogP contribution in [0.5, 0.6) is 0 Å². The zero-order valence-corrected chi connectivity index (χ0v) is 17.0. The molecule has 0 aliphatic carbocycles. The molecule has 1 heterocycles. The summed E-state index contributed by atoms with van der Waals surface area (Å²) in [6.07, 6.45) is 5.16. The van der Waals surface area contributed by atoms with Crippen LogP contribution in [0.15, 0.2) is 24.3 Å². The molecule has 1 aromatic carbocycles. The average molecular weight is 402 g/mol. The van der Waals surface area contributed by atoms with E-state index in [0.29, 0.717) is 23.7 Å². The number of rotatable bonds is 8. The van der Waals surface area contributed by atoms with Gasteiger partial charge in [0.05, 0.1) is 11.9 Å². The molecule has 0 radical (unpaired) electrons. The third kappa shape index (κ3) is 5.86. The van der Waals surface area contributed by atoms with E-state index < -0.39 is 16.1 Å². The number of likely N-dealkylation sites (tertiary alicyclic amines) is 1. The lowest BCUT2D eigenvalue weighted by Gasteiger charge is -2.31. The molecular weight excluding hydrogens is 374 g/mol. The predicted octanol–water partition coefficient (Wildman–Crippen LogP) is 2.49. The van der Waals surface area contributed by atoms with Crippen molar-refractivity contribution in [3.8, 4) is 0 Å². The van der Waals surface area contributed by atoms with Crippen molar-refractivity contribution in [2.24, 2.45) is 0 Å². The highest BCUT2D eigenvalue weighted by atomic mass is 35.5. The number of carbonyl (C=O) groups is 1. The molecule has 1 atom stereocenters. The zero-order chi connectivity index (χ0) is 19.2. The van der Waals surface area contributed by atoms with Crippen molar-refractivity contribution in [1.29, 1.82) is 0 Å². The van der Waals surface area contributed by atoms with Gasteiger partial charge in [-0.25, -0.2) is 8.42 Å². The van der Waals surface area contributed by atoms with Gasteiger partial charge in [-0.15, -0.1) is 0 Å².